The summed E-state index contributed by atoms with van der Waals surface area (Å²) in [7, 11) is 0. The maximum atomic E-state index is 13.0. The van der Waals surface area contributed by atoms with Crippen molar-refractivity contribution in [2.75, 3.05) is 37.6 Å². The van der Waals surface area contributed by atoms with Crippen molar-refractivity contribution in [3.05, 3.63) is 29.3 Å². The van der Waals surface area contributed by atoms with Crippen LogP contribution in [0.15, 0.2) is 18.2 Å². The number of hydrogen-bond acceptors (Lipinski definition) is 4. The number of benzene rings is 1. The number of fused-ring (bicyclic) bond motifs is 2. The van der Waals surface area contributed by atoms with Crippen molar-refractivity contribution < 1.29 is 19.2 Å². The van der Waals surface area contributed by atoms with Crippen LogP contribution in [0.2, 0.25) is 0 Å². The molecule has 5 fully saturated rings. The van der Waals surface area contributed by atoms with Gasteiger partial charge in [-0.2, -0.15) is 0 Å². The Morgan fingerprint density at radius 2 is 2.00 bits per heavy atom. The van der Waals surface area contributed by atoms with Gasteiger partial charge < -0.3 is 19.3 Å². The van der Waals surface area contributed by atoms with E-state index in [0.717, 1.165) is 39.1 Å². The molecule has 2 aliphatic carbocycles. The van der Waals surface area contributed by atoms with Crippen LogP contribution in [0, 0.1) is 37.0 Å². The molecule has 32 heavy (non-hydrogen) atoms. The summed E-state index contributed by atoms with van der Waals surface area (Å²) in [5, 5.41) is 0. The number of ether oxygens (including phenoxy) is 2. The molecule has 7 atom stereocenters. The molecule has 0 radical (unpaired) electrons. The minimum atomic E-state index is 0.00491. The average molecular weight is 440 g/mol. The molecule has 1 spiro atoms. The number of rotatable bonds is 3. The van der Waals surface area contributed by atoms with E-state index in [1.807, 2.05) is 0 Å². The normalized spacial score (nSPS) is 43.3. The number of carbonyl (C=O) groups excluding carboxylic acids is 1. The molecule has 0 bridgehead atoms. The molecule has 174 valence electrons. The zero-order valence-electron chi connectivity index (χ0n) is 20.2. The maximum Gasteiger partial charge on any atom is 0.315 e. The number of carbonyl (C=O) groups is 1. The number of anilines is 1. The fourth-order valence-electron chi connectivity index (χ4n) is 8.12. The van der Waals surface area contributed by atoms with E-state index < -0.39 is 0 Å². The molecule has 3 heterocycles. The molecule has 5 heteroatoms. The Hall–Kier alpha value is -1.59. The van der Waals surface area contributed by atoms with Crippen LogP contribution < -0.4 is 9.80 Å². The Bertz CT molecular complexity index is 925. The van der Waals surface area contributed by atoms with E-state index in [1.165, 1.54) is 36.1 Å². The number of quaternary nitrogens is 1. The second kappa shape index (κ2) is 7.20. The third-order valence-electron chi connectivity index (χ3n) is 10.1. The minimum Gasteiger partial charge on any atom is -0.462 e. The first-order chi connectivity index (χ1) is 15.3. The summed E-state index contributed by atoms with van der Waals surface area (Å²) in [6.07, 6.45) is 5.04. The summed E-state index contributed by atoms with van der Waals surface area (Å²) in [6.45, 7) is 14.4. The van der Waals surface area contributed by atoms with Gasteiger partial charge in [-0.15, -0.1) is 0 Å². The van der Waals surface area contributed by atoms with Gasteiger partial charge in [0.2, 0.25) is 0 Å². The van der Waals surface area contributed by atoms with Crippen LogP contribution >= 0.6 is 0 Å². The third-order valence-corrected chi connectivity index (χ3v) is 10.1. The van der Waals surface area contributed by atoms with E-state index in [9.17, 15) is 4.79 Å². The van der Waals surface area contributed by atoms with Crippen LogP contribution in [0.1, 0.15) is 50.7 Å². The number of epoxide rings is 1. The number of nitrogens with zero attached hydrogens (tertiary/aromatic N) is 1. The first-order valence-corrected chi connectivity index (χ1v) is 12.9. The second-order valence-electron chi connectivity index (χ2n) is 11.7. The minimum absolute atomic E-state index is 0.00491. The van der Waals surface area contributed by atoms with E-state index in [4.69, 9.17) is 9.47 Å². The van der Waals surface area contributed by atoms with Gasteiger partial charge in [0.1, 0.15) is 17.6 Å². The summed E-state index contributed by atoms with van der Waals surface area (Å²) in [4.78, 5) is 17.1. The van der Waals surface area contributed by atoms with Crippen LogP contribution in [0.3, 0.4) is 0 Å². The molecule has 3 aliphatic heterocycles. The smallest absolute Gasteiger partial charge is 0.315 e. The lowest BCUT2D eigenvalue weighted by molar-refractivity contribution is -0.903. The van der Waals surface area contributed by atoms with Crippen LogP contribution in [0.25, 0.3) is 0 Å². The molecule has 7 unspecified atom stereocenters. The van der Waals surface area contributed by atoms with Crippen molar-refractivity contribution in [1.29, 1.82) is 0 Å². The van der Waals surface area contributed by atoms with Crippen LogP contribution in [0.4, 0.5) is 5.69 Å². The van der Waals surface area contributed by atoms with Crippen molar-refractivity contribution in [2.24, 2.45) is 23.2 Å². The highest BCUT2D eigenvalue weighted by Gasteiger charge is 2.78. The number of esters is 1. The third kappa shape index (κ3) is 2.86. The number of piperazine rings is 1. The highest BCUT2D eigenvalue weighted by atomic mass is 16.6. The number of nitrogens with one attached hydrogen (secondary N) is 1. The lowest BCUT2D eigenvalue weighted by Crippen LogP contribution is -3.15. The van der Waals surface area contributed by atoms with Gasteiger partial charge in [-0.3, -0.25) is 4.79 Å². The molecule has 5 aliphatic rings. The van der Waals surface area contributed by atoms with Gasteiger partial charge in [0, 0.05) is 17.0 Å². The highest BCUT2D eigenvalue weighted by Crippen LogP contribution is 2.70. The van der Waals surface area contributed by atoms with Crippen molar-refractivity contribution in [2.45, 2.75) is 71.2 Å². The largest absolute Gasteiger partial charge is 0.462 e. The van der Waals surface area contributed by atoms with Gasteiger partial charge in [0.25, 0.3) is 0 Å². The maximum absolute atomic E-state index is 13.0. The van der Waals surface area contributed by atoms with Crippen LogP contribution in [-0.2, 0) is 14.3 Å². The Morgan fingerprint density at radius 1 is 1.22 bits per heavy atom. The van der Waals surface area contributed by atoms with Crippen molar-refractivity contribution >= 4 is 11.7 Å². The molecule has 1 aromatic rings. The molecule has 3 saturated heterocycles. The predicted molar refractivity (Wildman–Crippen MR) is 124 cm³/mol. The Labute approximate surface area is 192 Å². The SMILES string of the molecule is Cc1cccc(N2CC[NH+](CC3C(=O)OC4CC5(C)CCCC(C)C56OC6C43)CC2)c1C. The van der Waals surface area contributed by atoms with E-state index in [-0.39, 0.29) is 41.0 Å². The molecule has 5 nitrogen and oxygen atoms in total. The molecular weight excluding hydrogens is 400 g/mol. The lowest BCUT2D eigenvalue weighted by Gasteiger charge is -2.48. The number of hydrogen-bond donors (Lipinski definition) is 1. The summed E-state index contributed by atoms with van der Waals surface area (Å²) in [6, 6.07) is 6.61. The zero-order chi connectivity index (χ0) is 22.3. The standard InChI is InChI=1S/C27H38N2O3/c1-17-7-5-9-21(19(17)3)29-13-11-28(12-14-29)16-20-23-22(31-25(20)30)15-26(4)10-6-8-18(2)27(26)24(23)32-27/h5,7,9,18,20,22-24H,6,8,10-16H2,1-4H3/p+1. The zero-order valence-corrected chi connectivity index (χ0v) is 20.2. The average Bonchev–Trinajstić information content (AvgIpc) is 3.45. The lowest BCUT2D eigenvalue weighted by atomic mass is 9.53. The Morgan fingerprint density at radius 3 is 2.78 bits per heavy atom. The van der Waals surface area contributed by atoms with Gasteiger partial charge in [0.15, 0.2) is 0 Å². The molecule has 0 amide bonds. The van der Waals surface area contributed by atoms with Gasteiger partial charge in [-0.25, -0.2) is 0 Å². The first kappa shape index (κ1) is 21.0. The Kier molecular flexibility index (Phi) is 4.72. The summed E-state index contributed by atoms with van der Waals surface area (Å²) < 4.78 is 12.7. The van der Waals surface area contributed by atoms with Crippen LogP contribution in [-0.4, -0.2) is 56.5 Å². The first-order valence-electron chi connectivity index (χ1n) is 12.9. The van der Waals surface area contributed by atoms with Gasteiger partial charge >= 0.3 is 5.97 Å². The Balaban J connectivity index is 1.15. The summed E-state index contributed by atoms with van der Waals surface area (Å²) in [5.74, 6) is 0.910. The molecular formula is C27H39N2O3+. The fraction of sp³-hybridized carbons (Fsp3) is 0.741. The molecule has 6 rings (SSSR count). The van der Waals surface area contributed by atoms with Crippen molar-refractivity contribution in [3.63, 3.8) is 0 Å². The molecule has 0 aromatic heterocycles. The topological polar surface area (TPSA) is 46.5 Å². The summed E-state index contributed by atoms with van der Waals surface area (Å²) >= 11 is 0. The summed E-state index contributed by atoms with van der Waals surface area (Å²) in [5.41, 5.74) is 4.30. The highest BCUT2D eigenvalue weighted by molar-refractivity contribution is 5.76. The monoisotopic (exact) mass is 439 g/mol. The quantitative estimate of drug-likeness (QED) is 0.581. The van der Waals surface area contributed by atoms with Crippen LogP contribution in [0.5, 0.6) is 0 Å². The van der Waals surface area contributed by atoms with Gasteiger partial charge in [-0.1, -0.05) is 32.4 Å². The van der Waals surface area contributed by atoms with E-state index in [1.54, 1.807) is 4.90 Å². The molecule has 1 aromatic carbocycles. The van der Waals surface area contributed by atoms with Crippen molar-refractivity contribution in [3.8, 4) is 0 Å². The second-order valence-corrected chi connectivity index (χ2v) is 11.7. The molecule has 2 saturated carbocycles. The van der Waals surface area contributed by atoms with E-state index in [0.29, 0.717) is 5.92 Å². The van der Waals surface area contributed by atoms with Gasteiger partial charge in [-0.05, 0) is 56.2 Å². The van der Waals surface area contributed by atoms with Crippen molar-refractivity contribution in [1.82, 2.24) is 0 Å². The fourth-order valence-corrected chi connectivity index (χ4v) is 8.12. The van der Waals surface area contributed by atoms with Gasteiger partial charge in [0.05, 0.1) is 38.8 Å². The molecule has 1 N–H and O–H groups in total. The predicted octanol–water partition coefficient (Wildman–Crippen LogP) is 2.53. The number of aryl methyl sites for hydroxylation is 1. The van der Waals surface area contributed by atoms with E-state index in [2.05, 4.69) is 50.8 Å². The van der Waals surface area contributed by atoms with E-state index >= 15 is 0 Å².